The lowest BCUT2D eigenvalue weighted by molar-refractivity contribution is 0.0326. The molecule has 96 valence electrons. The Hall–Kier alpha value is -0.530. The molecule has 0 saturated heterocycles. The first-order valence-corrected chi connectivity index (χ1v) is 6.81. The second-order valence-electron chi connectivity index (χ2n) is 5.19. The van der Waals surface area contributed by atoms with Crippen LogP contribution in [0.15, 0.2) is 24.3 Å². The van der Waals surface area contributed by atoms with E-state index in [1.807, 2.05) is 31.2 Å². The number of benzene rings is 1. The lowest BCUT2D eigenvalue weighted by atomic mass is 9.84. The molecular formula is C15H23ClO. The lowest BCUT2D eigenvalue weighted by Gasteiger charge is -2.27. The van der Waals surface area contributed by atoms with Crippen molar-refractivity contribution in [2.75, 3.05) is 0 Å². The molecule has 1 aromatic carbocycles. The van der Waals surface area contributed by atoms with Gasteiger partial charge in [-0.1, -0.05) is 50.4 Å². The van der Waals surface area contributed by atoms with Crippen molar-refractivity contribution in [1.29, 1.82) is 0 Å². The van der Waals surface area contributed by atoms with Gasteiger partial charge in [-0.05, 0) is 37.0 Å². The third-order valence-corrected chi connectivity index (χ3v) is 3.63. The fourth-order valence-corrected chi connectivity index (χ4v) is 2.44. The van der Waals surface area contributed by atoms with E-state index >= 15 is 0 Å². The highest BCUT2D eigenvalue weighted by molar-refractivity contribution is 6.30. The summed E-state index contributed by atoms with van der Waals surface area (Å²) in [6.07, 6.45) is 3.82. The predicted octanol–water partition coefficient (Wildman–Crippen LogP) is 4.46. The standard InChI is InChI=1S/C15H23ClO/c1-4-12(5-2)10-15(3,17)11-13-6-8-14(16)9-7-13/h6-9,12,17H,4-5,10-11H2,1-3H3. The summed E-state index contributed by atoms with van der Waals surface area (Å²) in [5.41, 5.74) is 0.523. The molecule has 0 aliphatic heterocycles. The van der Waals surface area contributed by atoms with E-state index in [4.69, 9.17) is 11.6 Å². The van der Waals surface area contributed by atoms with Crippen molar-refractivity contribution >= 4 is 11.6 Å². The normalized spacial score (nSPS) is 14.9. The van der Waals surface area contributed by atoms with Crippen LogP contribution >= 0.6 is 11.6 Å². The van der Waals surface area contributed by atoms with Gasteiger partial charge in [0, 0.05) is 11.4 Å². The van der Waals surface area contributed by atoms with Crippen LogP contribution in [0.25, 0.3) is 0 Å². The fourth-order valence-electron chi connectivity index (χ4n) is 2.31. The first-order chi connectivity index (χ1) is 7.96. The smallest absolute Gasteiger partial charge is 0.0662 e. The molecule has 1 aromatic rings. The van der Waals surface area contributed by atoms with Gasteiger partial charge in [0.1, 0.15) is 0 Å². The Morgan fingerprint density at radius 2 is 1.71 bits per heavy atom. The van der Waals surface area contributed by atoms with E-state index in [-0.39, 0.29) is 0 Å². The Morgan fingerprint density at radius 1 is 1.18 bits per heavy atom. The second kappa shape index (κ2) is 6.42. The van der Waals surface area contributed by atoms with Gasteiger partial charge < -0.3 is 5.11 Å². The van der Waals surface area contributed by atoms with Crippen LogP contribution in [0.4, 0.5) is 0 Å². The van der Waals surface area contributed by atoms with Crippen molar-refractivity contribution in [1.82, 2.24) is 0 Å². The van der Waals surface area contributed by atoms with E-state index in [1.54, 1.807) is 0 Å². The van der Waals surface area contributed by atoms with Crippen LogP contribution in [0.5, 0.6) is 0 Å². The van der Waals surface area contributed by atoms with Crippen LogP contribution in [0, 0.1) is 5.92 Å². The highest BCUT2D eigenvalue weighted by atomic mass is 35.5. The lowest BCUT2D eigenvalue weighted by Crippen LogP contribution is -2.30. The number of rotatable bonds is 6. The SMILES string of the molecule is CCC(CC)CC(C)(O)Cc1ccc(Cl)cc1. The Morgan fingerprint density at radius 3 is 2.18 bits per heavy atom. The Labute approximate surface area is 110 Å². The Bertz CT molecular complexity index is 325. The first-order valence-electron chi connectivity index (χ1n) is 6.43. The number of aliphatic hydroxyl groups is 1. The van der Waals surface area contributed by atoms with Gasteiger partial charge in [-0.3, -0.25) is 0 Å². The van der Waals surface area contributed by atoms with Crippen molar-refractivity contribution in [3.05, 3.63) is 34.9 Å². The maximum Gasteiger partial charge on any atom is 0.0662 e. The molecule has 0 radical (unpaired) electrons. The molecule has 0 aliphatic carbocycles. The number of hydrogen-bond acceptors (Lipinski definition) is 1. The van der Waals surface area contributed by atoms with Gasteiger partial charge >= 0.3 is 0 Å². The molecule has 2 heteroatoms. The zero-order valence-corrected chi connectivity index (χ0v) is 11.8. The molecule has 0 aliphatic rings. The molecule has 0 aromatic heterocycles. The average molecular weight is 255 g/mol. The third-order valence-electron chi connectivity index (χ3n) is 3.38. The van der Waals surface area contributed by atoms with Crippen LogP contribution in [-0.4, -0.2) is 10.7 Å². The van der Waals surface area contributed by atoms with E-state index in [2.05, 4.69) is 13.8 Å². The highest BCUT2D eigenvalue weighted by Gasteiger charge is 2.24. The minimum absolute atomic E-state index is 0.609. The van der Waals surface area contributed by atoms with Crippen molar-refractivity contribution in [3.63, 3.8) is 0 Å². The summed E-state index contributed by atoms with van der Waals surface area (Å²) in [5.74, 6) is 0.609. The monoisotopic (exact) mass is 254 g/mol. The Kier molecular flexibility index (Phi) is 5.48. The van der Waals surface area contributed by atoms with Gasteiger partial charge in [0.2, 0.25) is 0 Å². The maximum absolute atomic E-state index is 10.4. The molecule has 1 unspecified atom stereocenters. The molecule has 0 spiro atoms. The molecule has 0 fully saturated rings. The minimum atomic E-state index is -0.621. The van der Waals surface area contributed by atoms with Gasteiger partial charge in [-0.15, -0.1) is 0 Å². The molecule has 0 saturated carbocycles. The van der Waals surface area contributed by atoms with Crippen molar-refractivity contribution in [3.8, 4) is 0 Å². The Balaban J connectivity index is 2.62. The molecule has 0 amide bonds. The van der Waals surface area contributed by atoms with E-state index in [0.717, 1.165) is 29.8 Å². The summed E-state index contributed by atoms with van der Waals surface area (Å²) in [5, 5.41) is 11.2. The second-order valence-corrected chi connectivity index (χ2v) is 5.62. The maximum atomic E-state index is 10.4. The predicted molar refractivity (Wildman–Crippen MR) is 74.5 cm³/mol. The molecule has 1 atom stereocenters. The molecule has 17 heavy (non-hydrogen) atoms. The zero-order chi connectivity index (χ0) is 12.9. The highest BCUT2D eigenvalue weighted by Crippen LogP contribution is 2.25. The van der Waals surface area contributed by atoms with Gasteiger partial charge in [0.05, 0.1) is 5.60 Å². The summed E-state index contributed by atoms with van der Waals surface area (Å²) in [6, 6.07) is 7.74. The van der Waals surface area contributed by atoms with Crippen LogP contribution in [0.2, 0.25) is 5.02 Å². The number of halogens is 1. The first kappa shape index (κ1) is 14.5. The van der Waals surface area contributed by atoms with Gasteiger partial charge in [0.15, 0.2) is 0 Å². The quantitative estimate of drug-likeness (QED) is 0.795. The third kappa shape index (κ3) is 5.10. The van der Waals surface area contributed by atoms with Gasteiger partial charge in [0.25, 0.3) is 0 Å². The van der Waals surface area contributed by atoms with Crippen LogP contribution < -0.4 is 0 Å². The summed E-state index contributed by atoms with van der Waals surface area (Å²) in [4.78, 5) is 0. The van der Waals surface area contributed by atoms with Gasteiger partial charge in [-0.2, -0.15) is 0 Å². The van der Waals surface area contributed by atoms with Gasteiger partial charge in [-0.25, -0.2) is 0 Å². The van der Waals surface area contributed by atoms with E-state index < -0.39 is 5.60 Å². The topological polar surface area (TPSA) is 20.2 Å². The summed E-state index contributed by atoms with van der Waals surface area (Å²) < 4.78 is 0. The zero-order valence-electron chi connectivity index (χ0n) is 11.0. The van der Waals surface area contributed by atoms with Crippen LogP contribution in [0.1, 0.15) is 45.6 Å². The van der Waals surface area contributed by atoms with E-state index in [9.17, 15) is 5.11 Å². The molecule has 0 bridgehead atoms. The summed E-state index contributed by atoms with van der Waals surface area (Å²) in [6.45, 7) is 6.30. The molecular weight excluding hydrogens is 232 g/mol. The van der Waals surface area contributed by atoms with E-state index in [1.165, 1.54) is 0 Å². The summed E-state index contributed by atoms with van der Waals surface area (Å²) in [7, 11) is 0. The fraction of sp³-hybridized carbons (Fsp3) is 0.600. The van der Waals surface area contributed by atoms with Crippen molar-refractivity contribution in [2.45, 2.75) is 52.1 Å². The summed E-state index contributed by atoms with van der Waals surface area (Å²) >= 11 is 5.85. The minimum Gasteiger partial charge on any atom is -0.390 e. The largest absolute Gasteiger partial charge is 0.390 e. The molecule has 0 heterocycles. The van der Waals surface area contributed by atoms with Crippen LogP contribution in [-0.2, 0) is 6.42 Å². The van der Waals surface area contributed by atoms with Crippen molar-refractivity contribution < 1.29 is 5.11 Å². The molecule has 1 nitrogen and oxygen atoms in total. The number of hydrogen-bond donors (Lipinski definition) is 1. The van der Waals surface area contributed by atoms with E-state index in [0.29, 0.717) is 12.3 Å². The van der Waals surface area contributed by atoms with Crippen molar-refractivity contribution in [2.24, 2.45) is 5.92 Å². The molecule has 1 rings (SSSR count). The molecule has 1 N–H and O–H groups in total. The van der Waals surface area contributed by atoms with Crippen LogP contribution in [0.3, 0.4) is 0 Å². The average Bonchev–Trinajstić information content (AvgIpc) is 2.29.